The minimum Gasteiger partial charge on any atom is -0.481 e. The van der Waals surface area contributed by atoms with Crippen LogP contribution >= 0.6 is 0 Å². The number of nitrogens with zero attached hydrogens (tertiary/aromatic N) is 1. The second-order valence-corrected chi connectivity index (χ2v) is 6.41. The van der Waals surface area contributed by atoms with Crippen molar-refractivity contribution >= 4 is 27.6 Å². The fourth-order valence-corrected chi connectivity index (χ4v) is 2.34. The van der Waals surface area contributed by atoms with Crippen LogP contribution in [0.2, 0.25) is 0 Å². The topological polar surface area (TPSA) is 104 Å². The van der Waals surface area contributed by atoms with Crippen LogP contribution in [0.15, 0.2) is 29.2 Å². The van der Waals surface area contributed by atoms with E-state index in [1.165, 1.54) is 38.4 Å². The first kappa shape index (κ1) is 16.1. The number of benzene rings is 1. The zero-order valence-electron chi connectivity index (χ0n) is 11.2. The van der Waals surface area contributed by atoms with Crippen LogP contribution in [0.5, 0.6) is 0 Å². The molecule has 2 N–H and O–H groups in total. The molecule has 110 valence electrons. The van der Waals surface area contributed by atoms with Crippen LogP contribution in [0.1, 0.15) is 12.8 Å². The van der Waals surface area contributed by atoms with Crippen molar-refractivity contribution in [3.05, 3.63) is 24.3 Å². The zero-order chi connectivity index (χ0) is 15.3. The van der Waals surface area contributed by atoms with Gasteiger partial charge in [-0.2, -0.15) is 0 Å². The lowest BCUT2D eigenvalue weighted by Crippen LogP contribution is -2.22. The summed E-state index contributed by atoms with van der Waals surface area (Å²) >= 11 is 0. The van der Waals surface area contributed by atoms with Crippen molar-refractivity contribution in [1.82, 2.24) is 4.31 Å². The molecule has 1 aromatic carbocycles. The first-order valence-electron chi connectivity index (χ1n) is 5.77. The summed E-state index contributed by atoms with van der Waals surface area (Å²) < 4.78 is 24.9. The smallest absolute Gasteiger partial charge is 0.303 e. The molecule has 1 aromatic rings. The molecule has 0 heterocycles. The van der Waals surface area contributed by atoms with Gasteiger partial charge in [-0.3, -0.25) is 9.59 Å². The molecule has 0 fully saturated rings. The highest BCUT2D eigenvalue weighted by Gasteiger charge is 2.17. The number of nitrogens with one attached hydrogen (secondary N) is 1. The predicted molar refractivity (Wildman–Crippen MR) is 72.8 cm³/mol. The zero-order valence-corrected chi connectivity index (χ0v) is 12.0. The fourth-order valence-electron chi connectivity index (χ4n) is 1.39. The Hall–Kier alpha value is -1.93. The molecule has 0 aliphatic carbocycles. The van der Waals surface area contributed by atoms with Gasteiger partial charge in [-0.25, -0.2) is 12.7 Å². The first-order valence-corrected chi connectivity index (χ1v) is 7.21. The number of carboxylic acids is 1. The van der Waals surface area contributed by atoms with E-state index in [1.807, 2.05) is 0 Å². The van der Waals surface area contributed by atoms with Crippen molar-refractivity contribution in [3.63, 3.8) is 0 Å². The monoisotopic (exact) mass is 300 g/mol. The second-order valence-electron chi connectivity index (χ2n) is 4.26. The van der Waals surface area contributed by atoms with Gasteiger partial charge in [0.1, 0.15) is 0 Å². The molecular formula is C12H16N2O5S. The minimum atomic E-state index is -3.57. The number of amides is 1. The van der Waals surface area contributed by atoms with Crippen molar-refractivity contribution in [3.8, 4) is 0 Å². The van der Waals surface area contributed by atoms with Gasteiger partial charge in [0.15, 0.2) is 0 Å². The number of carboxylic acid groups (broad SMARTS) is 1. The lowest BCUT2D eigenvalue weighted by Gasteiger charge is -2.12. The number of carbonyl (C=O) groups excluding carboxylic acids is 1. The average molecular weight is 300 g/mol. The molecule has 0 atom stereocenters. The molecule has 0 unspecified atom stereocenters. The maximum Gasteiger partial charge on any atom is 0.303 e. The Labute approximate surface area is 117 Å². The number of anilines is 1. The largest absolute Gasteiger partial charge is 0.481 e. The van der Waals surface area contributed by atoms with E-state index in [2.05, 4.69) is 5.32 Å². The lowest BCUT2D eigenvalue weighted by atomic mass is 10.2. The summed E-state index contributed by atoms with van der Waals surface area (Å²) in [5.41, 5.74) is 0.309. The van der Waals surface area contributed by atoms with Gasteiger partial charge in [0.2, 0.25) is 15.9 Å². The summed E-state index contributed by atoms with van der Waals surface area (Å²) in [6, 6.07) is 5.78. The van der Waals surface area contributed by atoms with Gasteiger partial charge in [-0.05, 0) is 18.2 Å². The van der Waals surface area contributed by atoms with Crippen molar-refractivity contribution in [2.75, 3.05) is 19.4 Å². The van der Waals surface area contributed by atoms with Crippen LogP contribution in [0.4, 0.5) is 5.69 Å². The third kappa shape index (κ3) is 4.32. The van der Waals surface area contributed by atoms with E-state index in [9.17, 15) is 18.0 Å². The lowest BCUT2D eigenvalue weighted by molar-refractivity contribution is -0.138. The number of hydrogen-bond acceptors (Lipinski definition) is 4. The van der Waals surface area contributed by atoms with Crippen LogP contribution in [0.3, 0.4) is 0 Å². The van der Waals surface area contributed by atoms with Gasteiger partial charge < -0.3 is 10.4 Å². The SMILES string of the molecule is CN(C)S(=O)(=O)c1cccc(NC(=O)CCC(=O)O)c1. The Balaban J connectivity index is 2.84. The maximum atomic E-state index is 11.9. The number of hydrogen-bond donors (Lipinski definition) is 2. The van der Waals surface area contributed by atoms with Gasteiger partial charge in [-0.1, -0.05) is 6.07 Å². The van der Waals surface area contributed by atoms with Crippen LogP contribution in [-0.4, -0.2) is 43.8 Å². The van der Waals surface area contributed by atoms with E-state index in [4.69, 9.17) is 5.11 Å². The molecule has 20 heavy (non-hydrogen) atoms. The van der Waals surface area contributed by atoms with Gasteiger partial charge in [0.05, 0.1) is 11.3 Å². The molecule has 0 aliphatic rings. The number of rotatable bonds is 6. The van der Waals surface area contributed by atoms with Crippen molar-refractivity contribution in [1.29, 1.82) is 0 Å². The normalized spacial score (nSPS) is 11.3. The van der Waals surface area contributed by atoms with E-state index in [1.54, 1.807) is 0 Å². The minimum absolute atomic E-state index is 0.0542. The summed E-state index contributed by atoms with van der Waals surface area (Å²) in [5.74, 6) is -1.55. The summed E-state index contributed by atoms with van der Waals surface area (Å²) in [6.45, 7) is 0. The highest BCUT2D eigenvalue weighted by atomic mass is 32.2. The first-order chi connectivity index (χ1) is 9.23. The van der Waals surface area contributed by atoms with Crippen molar-refractivity contribution in [2.24, 2.45) is 0 Å². The maximum absolute atomic E-state index is 11.9. The quantitative estimate of drug-likeness (QED) is 0.806. The second kappa shape index (κ2) is 6.49. The molecule has 1 rings (SSSR count). The van der Waals surface area contributed by atoms with E-state index >= 15 is 0 Å². The molecule has 7 nitrogen and oxygen atoms in total. The fraction of sp³-hybridized carbons (Fsp3) is 0.333. The van der Waals surface area contributed by atoms with Gasteiger partial charge in [-0.15, -0.1) is 0 Å². The Morgan fingerprint density at radius 3 is 2.45 bits per heavy atom. The van der Waals surface area contributed by atoms with Crippen LogP contribution in [0, 0.1) is 0 Å². The van der Waals surface area contributed by atoms with Crippen molar-refractivity contribution < 1.29 is 23.1 Å². The van der Waals surface area contributed by atoms with E-state index < -0.39 is 21.9 Å². The van der Waals surface area contributed by atoms with Gasteiger partial charge >= 0.3 is 5.97 Å². The molecular weight excluding hydrogens is 284 g/mol. The Morgan fingerprint density at radius 2 is 1.90 bits per heavy atom. The van der Waals surface area contributed by atoms with Crippen LogP contribution in [-0.2, 0) is 19.6 Å². The summed E-state index contributed by atoms with van der Waals surface area (Å²) in [6.07, 6.45) is -0.443. The highest BCUT2D eigenvalue weighted by Crippen LogP contribution is 2.18. The molecule has 0 saturated carbocycles. The molecule has 0 bridgehead atoms. The molecule has 0 spiro atoms. The summed E-state index contributed by atoms with van der Waals surface area (Å²) in [4.78, 5) is 21.9. The average Bonchev–Trinajstić information content (AvgIpc) is 2.36. The number of carbonyl (C=O) groups is 2. The molecule has 8 heteroatoms. The third-order valence-electron chi connectivity index (χ3n) is 2.46. The van der Waals surface area contributed by atoms with E-state index in [-0.39, 0.29) is 17.7 Å². The van der Waals surface area contributed by atoms with Gasteiger partial charge in [0.25, 0.3) is 0 Å². The highest BCUT2D eigenvalue weighted by molar-refractivity contribution is 7.89. The molecule has 0 radical (unpaired) electrons. The van der Waals surface area contributed by atoms with E-state index in [0.29, 0.717) is 5.69 Å². The molecule has 0 saturated heterocycles. The predicted octanol–water partition coefficient (Wildman–Crippen LogP) is 0.740. The summed E-state index contributed by atoms with van der Waals surface area (Å²) in [7, 11) is -0.753. The van der Waals surface area contributed by atoms with E-state index in [0.717, 1.165) is 4.31 Å². The Kier molecular flexibility index (Phi) is 5.23. The number of sulfonamides is 1. The standard InChI is InChI=1S/C12H16N2O5S/c1-14(2)20(18,19)10-5-3-4-9(8-10)13-11(15)6-7-12(16)17/h3-5,8H,6-7H2,1-2H3,(H,13,15)(H,16,17). The van der Waals surface area contributed by atoms with Crippen LogP contribution < -0.4 is 5.32 Å². The molecule has 0 aliphatic heterocycles. The summed E-state index contributed by atoms with van der Waals surface area (Å²) in [5, 5.41) is 10.9. The Morgan fingerprint density at radius 1 is 1.25 bits per heavy atom. The molecule has 0 aromatic heterocycles. The molecule has 1 amide bonds. The Bertz CT molecular complexity index is 610. The number of aliphatic carboxylic acids is 1. The van der Waals surface area contributed by atoms with Gasteiger partial charge in [0, 0.05) is 26.2 Å². The van der Waals surface area contributed by atoms with Crippen LogP contribution in [0.25, 0.3) is 0 Å². The van der Waals surface area contributed by atoms with Crippen molar-refractivity contribution in [2.45, 2.75) is 17.7 Å². The third-order valence-corrected chi connectivity index (χ3v) is 4.27.